The van der Waals surface area contributed by atoms with Crippen molar-refractivity contribution >= 4 is 0 Å². The molecule has 90 valence electrons. The van der Waals surface area contributed by atoms with Gasteiger partial charge in [-0.05, 0) is 52.0 Å². The lowest BCUT2D eigenvalue weighted by molar-refractivity contribution is 0.392. The highest BCUT2D eigenvalue weighted by Gasteiger charge is 2.20. The first-order valence-corrected chi connectivity index (χ1v) is 6.32. The summed E-state index contributed by atoms with van der Waals surface area (Å²) < 4.78 is 5.16. The molecule has 1 fully saturated rings. The lowest BCUT2D eigenvalue weighted by Crippen LogP contribution is -2.28. The van der Waals surface area contributed by atoms with E-state index in [4.69, 9.17) is 4.52 Å². The second kappa shape index (κ2) is 5.00. The van der Waals surface area contributed by atoms with Crippen LogP contribution in [0, 0.1) is 19.8 Å². The normalized spacial score (nSPS) is 25.2. The molecule has 1 heterocycles. The van der Waals surface area contributed by atoms with E-state index in [9.17, 15) is 0 Å². The summed E-state index contributed by atoms with van der Waals surface area (Å²) >= 11 is 0. The fourth-order valence-corrected chi connectivity index (χ4v) is 2.65. The summed E-state index contributed by atoms with van der Waals surface area (Å²) in [6.45, 7) is 7.40. The van der Waals surface area contributed by atoms with Crippen molar-refractivity contribution in [3.05, 3.63) is 17.0 Å². The number of nitrogens with one attached hydrogen (secondary N) is 1. The summed E-state index contributed by atoms with van der Waals surface area (Å²) in [7, 11) is 0. The van der Waals surface area contributed by atoms with Crippen molar-refractivity contribution in [2.45, 2.75) is 52.5 Å². The molecular formula is C13H22N2O. The molecule has 0 aliphatic heterocycles. The summed E-state index contributed by atoms with van der Waals surface area (Å²) in [5, 5.41) is 7.61. The molecule has 2 rings (SSSR count). The average Bonchev–Trinajstić information content (AvgIpc) is 2.78. The molecular weight excluding hydrogens is 200 g/mol. The summed E-state index contributed by atoms with van der Waals surface area (Å²) in [6.07, 6.45) is 5.08. The van der Waals surface area contributed by atoms with Crippen molar-refractivity contribution in [1.82, 2.24) is 10.5 Å². The molecule has 1 aromatic heterocycles. The van der Waals surface area contributed by atoms with Crippen molar-refractivity contribution in [2.75, 3.05) is 6.54 Å². The van der Waals surface area contributed by atoms with Crippen LogP contribution < -0.4 is 5.32 Å². The molecule has 1 aromatic rings. The van der Waals surface area contributed by atoms with Gasteiger partial charge in [-0.2, -0.15) is 0 Å². The zero-order valence-electron chi connectivity index (χ0n) is 10.5. The van der Waals surface area contributed by atoms with E-state index in [2.05, 4.69) is 17.4 Å². The number of hydrogen-bond donors (Lipinski definition) is 1. The molecule has 1 aliphatic carbocycles. The summed E-state index contributed by atoms with van der Waals surface area (Å²) in [4.78, 5) is 0. The molecule has 2 atom stereocenters. The van der Waals surface area contributed by atoms with Gasteiger partial charge in [0.15, 0.2) is 0 Å². The van der Waals surface area contributed by atoms with Gasteiger partial charge >= 0.3 is 0 Å². The maximum absolute atomic E-state index is 5.16. The molecule has 0 amide bonds. The molecule has 1 N–H and O–H groups in total. The van der Waals surface area contributed by atoms with Crippen LogP contribution in [0.2, 0.25) is 0 Å². The van der Waals surface area contributed by atoms with E-state index in [1.165, 1.54) is 24.8 Å². The molecule has 0 radical (unpaired) electrons. The van der Waals surface area contributed by atoms with Crippen LogP contribution in [0.4, 0.5) is 0 Å². The molecule has 2 unspecified atom stereocenters. The van der Waals surface area contributed by atoms with Gasteiger partial charge in [0.2, 0.25) is 0 Å². The Kier molecular flexibility index (Phi) is 3.64. The van der Waals surface area contributed by atoms with Gasteiger partial charge in [0.25, 0.3) is 0 Å². The third-order valence-electron chi connectivity index (χ3n) is 3.68. The fraction of sp³-hybridized carbons (Fsp3) is 0.769. The maximum Gasteiger partial charge on any atom is 0.137 e. The Balaban J connectivity index is 1.76. The highest BCUT2D eigenvalue weighted by molar-refractivity contribution is 5.20. The van der Waals surface area contributed by atoms with Gasteiger partial charge in [-0.1, -0.05) is 12.1 Å². The Morgan fingerprint density at radius 3 is 2.75 bits per heavy atom. The minimum absolute atomic E-state index is 0.732. The zero-order chi connectivity index (χ0) is 11.5. The van der Waals surface area contributed by atoms with Crippen LogP contribution in [0.1, 0.15) is 43.2 Å². The van der Waals surface area contributed by atoms with E-state index in [1.807, 2.05) is 13.8 Å². The van der Waals surface area contributed by atoms with Crippen LogP contribution in [-0.2, 0) is 6.42 Å². The maximum atomic E-state index is 5.16. The Labute approximate surface area is 97.6 Å². The molecule has 3 heteroatoms. The van der Waals surface area contributed by atoms with E-state index < -0.39 is 0 Å². The topological polar surface area (TPSA) is 38.1 Å². The van der Waals surface area contributed by atoms with Gasteiger partial charge in [0.05, 0.1) is 5.69 Å². The number of aryl methyl sites for hydroxylation is 2. The number of nitrogens with zero attached hydrogens (tertiary/aromatic N) is 1. The van der Waals surface area contributed by atoms with Crippen molar-refractivity contribution in [3.8, 4) is 0 Å². The highest BCUT2D eigenvalue weighted by Crippen LogP contribution is 2.24. The van der Waals surface area contributed by atoms with Crippen LogP contribution >= 0.6 is 0 Å². The number of hydrogen-bond acceptors (Lipinski definition) is 3. The molecule has 0 saturated heterocycles. The minimum atomic E-state index is 0.732. The minimum Gasteiger partial charge on any atom is -0.361 e. The first-order valence-electron chi connectivity index (χ1n) is 6.32. The Morgan fingerprint density at radius 1 is 1.38 bits per heavy atom. The summed E-state index contributed by atoms with van der Waals surface area (Å²) in [5.41, 5.74) is 2.32. The predicted octanol–water partition coefficient (Wildman–Crippen LogP) is 2.61. The van der Waals surface area contributed by atoms with Crippen molar-refractivity contribution in [2.24, 2.45) is 5.92 Å². The third-order valence-corrected chi connectivity index (χ3v) is 3.68. The van der Waals surface area contributed by atoms with Gasteiger partial charge in [0.1, 0.15) is 5.76 Å². The first kappa shape index (κ1) is 11.6. The number of rotatable bonds is 4. The largest absolute Gasteiger partial charge is 0.361 e. The van der Waals surface area contributed by atoms with E-state index in [1.54, 1.807) is 0 Å². The van der Waals surface area contributed by atoms with Crippen molar-refractivity contribution < 1.29 is 4.52 Å². The third kappa shape index (κ3) is 2.64. The molecule has 0 spiro atoms. The lowest BCUT2D eigenvalue weighted by Gasteiger charge is -2.11. The Morgan fingerprint density at radius 2 is 2.19 bits per heavy atom. The van der Waals surface area contributed by atoms with Gasteiger partial charge < -0.3 is 9.84 Å². The van der Waals surface area contributed by atoms with Gasteiger partial charge in [-0.25, -0.2) is 0 Å². The number of aromatic nitrogens is 1. The predicted molar refractivity (Wildman–Crippen MR) is 64.5 cm³/mol. The SMILES string of the molecule is Cc1noc(C)c1CCNC1CCC(C)C1. The molecule has 1 saturated carbocycles. The van der Waals surface area contributed by atoms with Gasteiger partial charge in [-0.3, -0.25) is 0 Å². The molecule has 0 aromatic carbocycles. The van der Waals surface area contributed by atoms with Crippen molar-refractivity contribution in [1.29, 1.82) is 0 Å². The second-order valence-electron chi connectivity index (χ2n) is 5.12. The Bertz CT molecular complexity index is 326. The van der Waals surface area contributed by atoms with E-state index in [-0.39, 0.29) is 0 Å². The second-order valence-corrected chi connectivity index (χ2v) is 5.12. The molecule has 16 heavy (non-hydrogen) atoms. The lowest BCUT2D eigenvalue weighted by atomic mass is 10.1. The van der Waals surface area contributed by atoms with Gasteiger partial charge in [0, 0.05) is 11.6 Å². The standard InChI is InChI=1S/C13H22N2O/c1-9-4-5-12(8-9)14-7-6-13-10(2)15-16-11(13)3/h9,12,14H,4-8H2,1-3H3. The molecule has 1 aliphatic rings. The summed E-state index contributed by atoms with van der Waals surface area (Å²) in [6, 6.07) is 0.732. The monoisotopic (exact) mass is 222 g/mol. The average molecular weight is 222 g/mol. The first-order chi connectivity index (χ1) is 7.66. The van der Waals surface area contributed by atoms with Crippen LogP contribution in [-0.4, -0.2) is 17.7 Å². The molecule has 0 bridgehead atoms. The fourth-order valence-electron chi connectivity index (χ4n) is 2.65. The molecule has 3 nitrogen and oxygen atoms in total. The van der Waals surface area contributed by atoms with E-state index >= 15 is 0 Å². The summed E-state index contributed by atoms with van der Waals surface area (Å²) in [5.74, 6) is 1.87. The smallest absolute Gasteiger partial charge is 0.137 e. The zero-order valence-corrected chi connectivity index (χ0v) is 10.5. The van der Waals surface area contributed by atoms with E-state index in [0.29, 0.717) is 0 Å². The van der Waals surface area contributed by atoms with Crippen molar-refractivity contribution in [3.63, 3.8) is 0 Å². The van der Waals surface area contributed by atoms with Crippen LogP contribution in [0.3, 0.4) is 0 Å². The van der Waals surface area contributed by atoms with Crippen LogP contribution in [0.15, 0.2) is 4.52 Å². The van der Waals surface area contributed by atoms with Gasteiger partial charge in [-0.15, -0.1) is 0 Å². The quantitative estimate of drug-likeness (QED) is 0.851. The Hall–Kier alpha value is -0.830. The van der Waals surface area contributed by atoms with Crippen LogP contribution in [0.25, 0.3) is 0 Å². The highest BCUT2D eigenvalue weighted by atomic mass is 16.5. The van der Waals surface area contributed by atoms with E-state index in [0.717, 1.165) is 36.4 Å². The van der Waals surface area contributed by atoms with Crippen LogP contribution in [0.5, 0.6) is 0 Å².